The molecule has 2 aromatic rings. The third-order valence-electron chi connectivity index (χ3n) is 5.67. The number of rotatable bonds is 13. The van der Waals surface area contributed by atoms with Crippen LogP contribution in [0.25, 0.3) is 0 Å². The number of ether oxygens (including phenoxy) is 3. The van der Waals surface area contributed by atoms with Crippen LogP contribution in [0.1, 0.15) is 62.7 Å². The van der Waals surface area contributed by atoms with E-state index in [9.17, 15) is 14.4 Å². The molecule has 0 spiro atoms. The van der Waals surface area contributed by atoms with Gasteiger partial charge in [0.25, 0.3) is 0 Å². The Morgan fingerprint density at radius 1 is 1.06 bits per heavy atom. The SMILES string of the molecule is CCCCCCC(=O)O[C@H](COc1ccc(CC2SC(=O)CC2=O)cc1)c1cccc(OC)c1. The maximum atomic E-state index is 12.5. The Bertz CT molecular complexity index is 971. The molecule has 3 rings (SSSR count). The van der Waals surface area contributed by atoms with Crippen LogP contribution in [0.4, 0.5) is 0 Å². The number of Topliss-reactive ketones (excluding diaryl/α,β-unsaturated/α-hetero) is 1. The molecular weight excluding hydrogens is 452 g/mol. The van der Waals surface area contributed by atoms with Gasteiger partial charge in [0.05, 0.1) is 18.8 Å². The van der Waals surface area contributed by atoms with Crippen molar-refractivity contribution < 1.29 is 28.6 Å². The number of hydrogen-bond donors (Lipinski definition) is 0. The molecular formula is C27H32O6S. The topological polar surface area (TPSA) is 78.9 Å². The third-order valence-corrected chi connectivity index (χ3v) is 6.79. The highest BCUT2D eigenvalue weighted by molar-refractivity contribution is 8.15. The summed E-state index contributed by atoms with van der Waals surface area (Å²) in [4.78, 5) is 35.8. The van der Waals surface area contributed by atoms with E-state index in [1.165, 1.54) is 0 Å². The highest BCUT2D eigenvalue weighted by Gasteiger charge is 2.31. The lowest BCUT2D eigenvalue weighted by Gasteiger charge is -2.20. The molecule has 1 unspecified atom stereocenters. The van der Waals surface area contributed by atoms with Gasteiger partial charge in [0.1, 0.15) is 18.1 Å². The number of thioether (sulfide) groups is 1. The van der Waals surface area contributed by atoms with Crippen molar-refractivity contribution in [1.29, 1.82) is 0 Å². The fourth-order valence-electron chi connectivity index (χ4n) is 3.74. The number of hydrogen-bond acceptors (Lipinski definition) is 7. The summed E-state index contributed by atoms with van der Waals surface area (Å²) in [5.41, 5.74) is 1.77. The van der Waals surface area contributed by atoms with Crippen LogP contribution >= 0.6 is 11.8 Å². The van der Waals surface area contributed by atoms with Crippen molar-refractivity contribution in [2.75, 3.05) is 13.7 Å². The van der Waals surface area contributed by atoms with Crippen molar-refractivity contribution in [3.8, 4) is 11.5 Å². The van der Waals surface area contributed by atoms with Crippen molar-refractivity contribution in [3.63, 3.8) is 0 Å². The molecule has 2 atom stereocenters. The standard InChI is InChI=1S/C27H32O6S/c1-3-4-5-6-10-26(29)33-24(20-8-7-9-22(16-20)31-2)18-32-21-13-11-19(12-14-21)15-25-23(28)17-27(30)34-25/h7-9,11-14,16,24-25H,3-6,10,15,17-18H2,1-2H3/t24-,25?/m1/s1. The van der Waals surface area contributed by atoms with Crippen molar-refractivity contribution in [3.05, 3.63) is 59.7 Å². The zero-order chi connectivity index (χ0) is 24.3. The Morgan fingerprint density at radius 2 is 1.85 bits per heavy atom. The normalized spacial score (nSPS) is 16.4. The van der Waals surface area contributed by atoms with Gasteiger partial charge in [0.15, 0.2) is 17.0 Å². The zero-order valence-electron chi connectivity index (χ0n) is 19.8. The molecule has 1 aliphatic heterocycles. The number of unbranched alkanes of at least 4 members (excludes halogenated alkanes) is 3. The van der Waals surface area contributed by atoms with Gasteiger partial charge in [0.2, 0.25) is 0 Å². The summed E-state index contributed by atoms with van der Waals surface area (Å²) in [6.07, 6.45) is 4.42. The van der Waals surface area contributed by atoms with E-state index in [0.29, 0.717) is 24.3 Å². The molecule has 0 bridgehead atoms. The van der Waals surface area contributed by atoms with Crippen LogP contribution in [-0.4, -0.2) is 35.8 Å². The molecule has 0 N–H and O–H groups in total. The molecule has 34 heavy (non-hydrogen) atoms. The molecule has 2 aromatic carbocycles. The molecule has 1 aliphatic rings. The van der Waals surface area contributed by atoms with E-state index in [4.69, 9.17) is 14.2 Å². The lowest BCUT2D eigenvalue weighted by atomic mass is 10.1. The second kappa shape index (κ2) is 13.2. The van der Waals surface area contributed by atoms with Gasteiger partial charge in [-0.15, -0.1) is 0 Å². The predicted molar refractivity (Wildman–Crippen MR) is 132 cm³/mol. The van der Waals surface area contributed by atoms with Crippen LogP contribution in [0, 0.1) is 0 Å². The van der Waals surface area contributed by atoms with Crippen molar-refractivity contribution in [2.45, 2.75) is 63.2 Å². The van der Waals surface area contributed by atoms with E-state index in [-0.39, 0.29) is 35.1 Å². The van der Waals surface area contributed by atoms with Gasteiger partial charge >= 0.3 is 5.97 Å². The fraction of sp³-hybridized carbons (Fsp3) is 0.444. The number of carbonyl (C=O) groups is 3. The van der Waals surface area contributed by atoms with E-state index in [1.54, 1.807) is 7.11 Å². The minimum Gasteiger partial charge on any atom is -0.497 e. The van der Waals surface area contributed by atoms with Crippen LogP contribution in [-0.2, 0) is 25.5 Å². The summed E-state index contributed by atoms with van der Waals surface area (Å²) >= 11 is 1.12. The zero-order valence-corrected chi connectivity index (χ0v) is 20.6. The molecule has 0 aliphatic carbocycles. The molecule has 0 amide bonds. The van der Waals surface area contributed by atoms with Gasteiger partial charge in [0, 0.05) is 6.42 Å². The quantitative estimate of drug-likeness (QED) is 0.212. The van der Waals surface area contributed by atoms with E-state index in [0.717, 1.165) is 48.6 Å². The van der Waals surface area contributed by atoms with Crippen molar-refractivity contribution in [2.24, 2.45) is 0 Å². The average molecular weight is 485 g/mol. The largest absolute Gasteiger partial charge is 0.497 e. The number of ketones is 1. The summed E-state index contributed by atoms with van der Waals surface area (Å²) in [5.74, 6) is 1.07. The molecule has 0 radical (unpaired) electrons. The molecule has 0 aromatic heterocycles. The van der Waals surface area contributed by atoms with Crippen LogP contribution < -0.4 is 9.47 Å². The first-order valence-electron chi connectivity index (χ1n) is 11.8. The summed E-state index contributed by atoms with van der Waals surface area (Å²) < 4.78 is 17.1. The summed E-state index contributed by atoms with van der Waals surface area (Å²) in [6, 6.07) is 14.9. The van der Waals surface area contributed by atoms with E-state index in [1.807, 2.05) is 48.5 Å². The van der Waals surface area contributed by atoms with Gasteiger partial charge in [-0.05, 0) is 48.2 Å². The van der Waals surface area contributed by atoms with E-state index in [2.05, 4.69) is 6.92 Å². The Kier molecular flexibility index (Phi) is 10.0. The number of carbonyl (C=O) groups excluding carboxylic acids is 3. The van der Waals surface area contributed by atoms with E-state index >= 15 is 0 Å². The first-order valence-corrected chi connectivity index (χ1v) is 12.6. The number of benzene rings is 2. The molecule has 6 nitrogen and oxygen atoms in total. The second-order valence-corrected chi connectivity index (χ2v) is 9.61. The average Bonchev–Trinajstić information content (AvgIpc) is 3.16. The smallest absolute Gasteiger partial charge is 0.306 e. The van der Waals surface area contributed by atoms with E-state index < -0.39 is 6.10 Å². The second-order valence-electron chi connectivity index (χ2n) is 8.35. The van der Waals surface area contributed by atoms with Crippen LogP contribution in [0.3, 0.4) is 0 Å². The van der Waals surface area contributed by atoms with Gasteiger partial charge in [-0.1, -0.05) is 62.2 Å². The first kappa shape index (κ1) is 25.8. The van der Waals surface area contributed by atoms with Gasteiger partial charge < -0.3 is 14.2 Å². The minimum absolute atomic E-state index is 0.00651. The maximum Gasteiger partial charge on any atom is 0.306 e. The Balaban J connectivity index is 1.60. The van der Waals surface area contributed by atoms with Gasteiger partial charge in [-0.2, -0.15) is 0 Å². The van der Waals surface area contributed by atoms with Crippen molar-refractivity contribution in [1.82, 2.24) is 0 Å². The summed E-state index contributed by atoms with van der Waals surface area (Å²) in [5, 5.41) is -0.355. The molecule has 182 valence electrons. The summed E-state index contributed by atoms with van der Waals surface area (Å²) in [7, 11) is 1.60. The lowest BCUT2D eigenvalue weighted by Crippen LogP contribution is -2.18. The van der Waals surface area contributed by atoms with Gasteiger partial charge in [-0.25, -0.2) is 0 Å². The van der Waals surface area contributed by atoms with Crippen LogP contribution in [0.15, 0.2) is 48.5 Å². The van der Waals surface area contributed by atoms with Crippen LogP contribution in [0.5, 0.6) is 11.5 Å². The Morgan fingerprint density at radius 3 is 2.53 bits per heavy atom. The highest BCUT2D eigenvalue weighted by atomic mass is 32.2. The highest BCUT2D eigenvalue weighted by Crippen LogP contribution is 2.29. The lowest BCUT2D eigenvalue weighted by molar-refractivity contribution is -0.151. The van der Waals surface area contributed by atoms with Crippen LogP contribution in [0.2, 0.25) is 0 Å². The third kappa shape index (κ3) is 7.90. The minimum atomic E-state index is -0.563. The molecule has 1 heterocycles. The predicted octanol–water partition coefficient (Wildman–Crippen LogP) is 5.47. The Labute approximate surface area is 205 Å². The van der Waals surface area contributed by atoms with Gasteiger partial charge in [-0.3, -0.25) is 14.4 Å². The number of methoxy groups -OCH3 is 1. The molecule has 0 saturated carbocycles. The molecule has 1 fully saturated rings. The fourth-order valence-corrected chi connectivity index (χ4v) is 4.77. The molecule has 7 heteroatoms. The summed E-state index contributed by atoms with van der Waals surface area (Å²) in [6.45, 7) is 2.30. The Hall–Kier alpha value is -2.80. The first-order chi connectivity index (χ1) is 16.5. The monoisotopic (exact) mass is 484 g/mol. The molecule has 1 saturated heterocycles. The number of esters is 1. The van der Waals surface area contributed by atoms with Crippen molar-refractivity contribution >= 4 is 28.6 Å². The maximum absolute atomic E-state index is 12.5.